The molecular weight excluding hydrogens is 370 g/mol. The Bertz CT molecular complexity index is 937. The molecule has 0 saturated heterocycles. The number of ether oxygens (including phenoxy) is 1. The summed E-state index contributed by atoms with van der Waals surface area (Å²) in [6.45, 7) is 4.47. The minimum atomic E-state index is -0.115. The second kappa shape index (κ2) is 9.43. The van der Waals surface area contributed by atoms with Crippen LogP contribution in [-0.2, 0) is 6.61 Å². The van der Waals surface area contributed by atoms with E-state index in [1.165, 1.54) is 5.56 Å². The first-order valence-corrected chi connectivity index (χ1v) is 9.78. The Kier molecular flexibility index (Phi) is 6.72. The lowest BCUT2D eigenvalue weighted by Crippen LogP contribution is -2.28. The van der Waals surface area contributed by atoms with E-state index in [9.17, 15) is 4.79 Å². The lowest BCUT2D eigenvalue weighted by molar-refractivity contribution is 0.0935. The van der Waals surface area contributed by atoms with Crippen LogP contribution in [0.2, 0.25) is 5.02 Å². The van der Waals surface area contributed by atoms with Gasteiger partial charge in [-0.2, -0.15) is 0 Å². The second-order valence-electron chi connectivity index (χ2n) is 6.75. The SMILES string of the molecule is CC[C@H](NC(=O)c1cccc(OCc2ccccc2Cl)c1)c1ccc(C)cc1. The van der Waals surface area contributed by atoms with E-state index in [-0.39, 0.29) is 11.9 Å². The number of benzene rings is 3. The van der Waals surface area contributed by atoms with Gasteiger partial charge >= 0.3 is 0 Å². The van der Waals surface area contributed by atoms with Gasteiger partial charge in [-0.1, -0.05) is 72.6 Å². The number of hydrogen-bond donors (Lipinski definition) is 1. The number of amides is 1. The monoisotopic (exact) mass is 393 g/mol. The summed E-state index contributed by atoms with van der Waals surface area (Å²) in [6, 6.07) is 23.0. The fourth-order valence-electron chi connectivity index (χ4n) is 2.97. The van der Waals surface area contributed by atoms with Crippen molar-refractivity contribution in [1.29, 1.82) is 0 Å². The maximum Gasteiger partial charge on any atom is 0.251 e. The number of aryl methyl sites for hydroxylation is 1. The molecule has 0 aliphatic rings. The minimum Gasteiger partial charge on any atom is -0.489 e. The Labute approximate surface area is 171 Å². The molecule has 1 atom stereocenters. The minimum absolute atomic E-state index is 0.0270. The third-order valence-electron chi connectivity index (χ3n) is 4.64. The molecule has 0 unspecified atom stereocenters. The second-order valence-corrected chi connectivity index (χ2v) is 7.16. The van der Waals surface area contributed by atoms with Crippen LogP contribution in [0.5, 0.6) is 5.75 Å². The Morgan fingerprint density at radius 1 is 1.04 bits per heavy atom. The molecule has 0 aromatic heterocycles. The average molecular weight is 394 g/mol. The van der Waals surface area contributed by atoms with Gasteiger partial charge < -0.3 is 10.1 Å². The van der Waals surface area contributed by atoms with Gasteiger partial charge in [0.2, 0.25) is 0 Å². The van der Waals surface area contributed by atoms with E-state index in [1.54, 1.807) is 12.1 Å². The predicted molar refractivity (Wildman–Crippen MR) is 114 cm³/mol. The Hall–Kier alpha value is -2.78. The van der Waals surface area contributed by atoms with E-state index in [0.29, 0.717) is 22.9 Å². The van der Waals surface area contributed by atoms with Gasteiger partial charge in [0.25, 0.3) is 5.91 Å². The van der Waals surface area contributed by atoms with Gasteiger partial charge in [0, 0.05) is 16.1 Å². The van der Waals surface area contributed by atoms with Gasteiger partial charge in [0.05, 0.1) is 6.04 Å². The van der Waals surface area contributed by atoms with E-state index < -0.39 is 0 Å². The number of carbonyl (C=O) groups is 1. The summed E-state index contributed by atoms with van der Waals surface area (Å²) in [4.78, 5) is 12.7. The van der Waals surface area contributed by atoms with Crippen LogP contribution in [0, 0.1) is 6.92 Å². The Balaban J connectivity index is 1.67. The van der Waals surface area contributed by atoms with Crippen molar-refractivity contribution in [3.63, 3.8) is 0 Å². The lowest BCUT2D eigenvalue weighted by Gasteiger charge is -2.18. The number of hydrogen-bond acceptors (Lipinski definition) is 2. The first kappa shape index (κ1) is 20.0. The smallest absolute Gasteiger partial charge is 0.251 e. The molecule has 0 spiro atoms. The molecule has 0 bridgehead atoms. The summed E-state index contributed by atoms with van der Waals surface area (Å²) >= 11 is 6.17. The number of nitrogens with one attached hydrogen (secondary N) is 1. The standard InChI is InChI=1S/C24H24ClNO2/c1-3-23(18-13-11-17(2)12-14-18)26-24(27)19-8-6-9-21(15-19)28-16-20-7-4-5-10-22(20)25/h4-15,23H,3,16H2,1-2H3,(H,26,27)/t23-/m0/s1. The molecular formula is C24H24ClNO2. The molecule has 0 heterocycles. The molecule has 3 aromatic carbocycles. The van der Waals surface area contributed by atoms with Crippen LogP contribution in [0.1, 0.15) is 46.4 Å². The highest BCUT2D eigenvalue weighted by Crippen LogP contribution is 2.21. The molecule has 0 fully saturated rings. The quantitative estimate of drug-likeness (QED) is 0.526. The van der Waals surface area contributed by atoms with Crippen molar-refractivity contribution in [3.05, 3.63) is 100 Å². The van der Waals surface area contributed by atoms with Crippen molar-refractivity contribution in [1.82, 2.24) is 5.32 Å². The van der Waals surface area contributed by atoms with Gasteiger partial charge in [0.1, 0.15) is 12.4 Å². The van der Waals surface area contributed by atoms with Crippen LogP contribution in [0.15, 0.2) is 72.8 Å². The lowest BCUT2D eigenvalue weighted by atomic mass is 10.0. The molecule has 3 aromatic rings. The molecule has 144 valence electrons. The fraction of sp³-hybridized carbons (Fsp3) is 0.208. The summed E-state index contributed by atoms with van der Waals surface area (Å²) in [5.41, 5.74) is 3.78. The average Bonchev–Trinajstić information content (AvgIpc) is 2.72. The van der Waals surface area contributed by atoms with Crippen molar-refractivity contribution >= 4 is 17.5 Å². The maximum absolute atomic E-state index is 12.7. The molecule has 3 rings (SSSR count). The van der Waals surface area contributed by atoms with Gasteiger partial charge in [-0.05, 0) is 43.2 Å². The summed E-state index contributed by atoms with van der Waals surface area (Å²) in [6.07, 6.45) is 0.817. The van der Waals surface area contributed by atoms with E-state index in [1.807, 2.05) is 36.4 Å². The molecule has 0 aliphatic heterocycles. The molecule has 0 aliphatic carbocycles. The van der Waals surface area contributed by atoms with Gasteiger partial charge in [-0.3, -0.25) is 4.79 Å². The predicted octanol–water partition coefficient (Wildman–Crippen LogP) is 6.11. The van der Waals surface area contributed by atoms with E-state index >= 15 is 0 Å². The van der Waals surface area contributed by atoms with Gasteiger partial charge in [0.15, 0.2) is 0 Å². The van der Waals surface area contributed by atoms with Gasteiger partial charge in [-0.15, -0.1) is 0 Å². The van der Waals surface area contributed by atoms with Crippen molar-refractivity contribution in [2.75, 3.05) is 0 Å². The highest BCUT2D eigenvalue weighted by molar-refractivity contribution is 6.31. The van der Waals surface area contributed by atoms with Crippen LogP contribution < -0.4 is 10.1 Å². The summed E-state index contributed by atoms with van der Waals surface area (Å²) in [5.74, 6) is 0.520. The number of carbonyl (C=O) groups excluding carboxylic acids is 1. The van der Waals surface area contributed by atoms with Crippen molar-refractivity contribution in [2.24, 2.45) is 0 Å². The summed E-state index contributed by atoms with van der Waals surface area (Å²) in [7, 11) is 0. The molecule has 3 nitrogen and oxygen atoms in total. The highest BCUT2D eigenvalue weighted by atomic mass is 35.5. The van der Waals surface area contributed by atoms with Crippen LogP contribution in [-0.4, -0.2) is 5.91 Å². The molecule has 1 amide bonds. The number of rotatable bonds is 7. The maximum atomic E-state index is 12.7. The first-order valence-electron chi connectivity index (χ1n) is 9.40. The third kappa shape index (κ3) is 5.14. The topological polar surface area (TPSA) is 38.3 Å². The fourth-order valence-corrected chi connectivity index (χ4v) is 3.16. The zero-order valence-corrected chi connectivity index (χ0v) is 16.9. The first-order chi connectivity index (χ1) is 13.6. The zero-order chi connectivity index (χ0) is 19.9. The summed E-state index contributed by atoms with van der Waals surface area (Å²) in [5, 5.41) is 3.78. The normalized spacial score (nSPS) is 11.7. The van der Waals surface area contributed by atoms with Crippen molar-refractivity contribution in [3.8, 4) is 5.75 Å². The Morgan fingerprint density at radius 3 is 2.50 bits per heavy atom. The summed E-state index contributed by atoms with van der Waals surface area (Å²) < 4.78 is 5.83. The van der Waals surface area contributed by atoms with Crippen LogP contribution in [0.25, 0.3) is 0 Å². The third-order valence-corrected chi connectivity index (χ3v) is 5.01. The zero-order valence-electron chi connectivity index (χ0n) is 16.1. The largest absolute Gasteiger partial charge is 0.489 e. The van der Waals surface area contributed by atoms with Crippen LogP contribution in [0.3, 0.4) is 0 Å². The van der Waals surface area contributed by atoms with Gasteiger partial charge in [-0.25, -0.2) is 0 Å². The molecule has 0 radical (unpaired) electrons. The number of halogens is 1. The van der Waals surface area contributed by atoms with E-state index in [0.717, 1.165) is 17.5 Å². The molecule has 28 heavy (non-hydrogen) atoms. The molecule has 1 N–H and O–H groups in total. The molecule has 4 heteroatoms. The van der Waals surface area contributed by atoms with E-state index in [2.05, 4.69) is 43.4 Å². The van der Waals surface area contributed by atoms with E-state index in [4.69, 9.17) is 16.3 Å². The highest BCUT2D eigenvalue weighted by Gasteiger charge is 2.14. The molecule has 0 saturated carbocycles. The van der Waals surface area contributed by atoms with Crippen LogP contribution in [0.4, 0.5) is 0 Å². The van der Waals surface area contributed by atoms with Crippen molar-refractivity contribution in [2.45, 2.75) is 32.9 Å². The van der Waals surface area contributed by atoms with Crippen molar-refractivity contribution < 1.29 is 9.53 Å². The van der Waals surface area contributed by atoms with Crippen LogP contribution >= 0.6 is 11.6 Å². The Morgan fingerprint density at radius 2 is 1.79 bits per heavy atom.